The number of likely N-dealkylation sites (tertiary alicyclic amines) is 1. The molecule has 0 radical (unpaired) electrons. The van der Waals surface area contributed by atoms with Crippen LogP contribution in [0, 0.1) is 5.92 Å². The molecular weight excluding hydrogens is 240 g/mol. The fourth-order valence-electron chi connectivity index (χ4n) is 2.71. The van der Waals surface area contributed by atoms with Crippen molar-refractivity contribution < 1.29 is 9.53 Å². The molecule has 2 N–H and O–H groups in total. The molecule has 1 rings (SSSR count). The Labute approximate surface area is 117 Å². The number of unbranched alkanes of at least 4 members (excludes halogenated alkanes) is 1. The molecule has 1 heterocycles. The number of nitrogens with zero attached hydrogens (tertiary/aromatic N) is 1. The van der Waals surface area contributed by atoms with Crippen LogP contribution in [0.15, 0.2) is 0 Å². The van der Waals surface area contributed by atoms with Crippen LogP contribution in [0.3, 0.4) is 0 Å². The third-order valence-electron chi connectivity index (χ3n) is 4.18. The van der Waals surface area contributed by atoms with Gasteiger partial charge in [0.1, 0.15) is 5.54 Å². The molecule has 4 nitrogen and oxygen atoms in total. The molecule has 4 heteroatoms. The van der Waals surface area contributed by atoms with E-state index in [1.54, 1.807) is 6.92 Å². The first kappa shape index (κ1) is 16.4. The summed E-state index contributed by atoms with van der Waals surface area (Å²) in [7, 11) is 1.39. The van der Waals surface area contributed by atoms with Crippen LogP contribution in [0.4, 0.5) is 0 Å². The Morgan fingerprint density at radius 2 is 2.11 bits per heavy atom. The molecule has 19 heavy (non-hydrogen) atoms. The highest BCUT2D eigenvalue weighted by molar-refractivity contribution is 5.79. The summed E-state index contributed by atoms with van der Waals surface area (Å²) < 4.78 is 4.72. The van der Waals surface area contributed by atoms with E-state index in [0.717, 1.165) is 25.3 Å². The Bertz CT molecular complexity index is 279. The molecule has 0 aliphatic carbocycles. The molecule has 1 aliphatic heterocycles. The maximum Gasteiger partial charge on any atom is 0.325 e. The van der Waals surface area contributed by atoms with Crippen LogP contribution in [0.5, 0.6) is 0 Å². The third-order valence-corrected chi connectivity index (χ3v) is 4.18. The number of methoxy groups -OCH3 is 1. The SMILES string of the molecule is COC(=O)C(C)(N)CCCCN1CCCC(C)CC1. The van der Waals surface area contributed by atoms with Crippen molar-refractivity contribution in [3.05, 3.63) is 0 Å². The molecule has 1 fully saturated rings. The minimum absolute atomic E-state index is 0.309. The van der Waals surface area contributed by atoms with Gasteiger partial charge in [-0.1, -0.05) is 6.92 Å². The predicted octanol–water partition coefficient (Wildman–Crippen LogP) is 2.17. The van der Waals surface area contributed by atoms with Crippen LogP contribution in [-0.2, 0) is 9.53 Å². The van der Waals surface area contributed by atoms with Gasteiger partial charge in [-0.3, -0.25) is 4.79 Å². The number of hydrogen-bond acceptors (Lipinski definition) is 4. The van der Waals surface area contributed by atoms with Gasteiger partial charge in [-0.25, -0.2) is 0 Å². The summed E-state index contributed by atoms with van der Waals surface area (Å²) in [6.45, 7) is 7.68. The molecule has 2 unspecified atom stereocenters. The van der Waals surface area contributed by atoms with E-state index in [2.05, 4.69) is 11.8 Å². The predicted molar refractivity (Wildman–Crippen MR) is 77.9 cm³/mol. The Hall–Kier alpha value is -0.610. The van der Waals surface area contributed by atoms with Gasteiger partial charge in [0.2, 0.25) is 0 Å². The van der Waals surface area contributed by atoms with Crippen LogP contribution in [-0.4, -0.2) is 43.2 Å². The molecule has 0 amide bonds. The first-order valence-corrected chi connectivity index (χ1v) is 7.55. The lowest BCUT2D eigenvalue weighted by Crippen LogP contribution is -2.45. The van der Waals surface area contributed by atoms with Crippen LogP contribution >= 0.6 is 0 Å². The minimum atomic E-state index is -0.831. The lowest BCUT2D eigenvalue weighted by atomic mass is 9.96. The Morgan fingerprint density at radius 1 is 1.37 bits per heavy atom. The summed E-state index contributed by atoms with van der Waals surface area (Å²) in [6, 6.07) is 0. The van der Waals surface area contributed by atoms with E-state index in [1.165, 1.54) is 39.5 Å². The molecule has 0 spiro atoms. The van der Waals surface area contributed by atoms with Crippen molar-refractivity contribution in [2.75, 3.05) is 26.7 Å². The summed E-state index contributed by atoms with van der Waals surface area (Å²) in [5.74, 6) is 0.563. The topological polar surface area (TPSA) is 55.6 Å². The van der Waals surface area contributed by atoms with Gasteiger partial charge in [0.15, 0.2) is 0 Å². The Kier molecular flexibility index (Phi) is 6.80. The van der Waals surface area contributed by atoms with Gasteiger partial charge in [-0.15, -0.1) is 0 Å². The lowest BCUT2D eigenvalue weighted by Gasteiger charge is -2.23. The lowest BCUT2D eigenvalue weighted by molar-refractivity contribution is -0.146. The first-order valence-electron chi connectivity index (χ1n) is 7.55. The molecule has 0 aromatic carbocycles. The molecule has 1 saturated heterocycles. The quantitative estimate of drug-likeness (QED) is 0.593. The van der Waals surface area contributed by atoms with Crippen molar-refractivity contribution in [3.63, 3.8) is 0 Å². The van der Waals surface area contributed by atoms with E-state index in [4.69, 9.17) is 10.5 Å². The fourth-order valence-corrected chi connectivity index (χ4v) is 2.71. The molecule has 0 aromatic rings. The van der Waals surface area contributed by atoms with Gasteiger partial charge in [0, 0.05) is 0 Å². The van der Waals surface area contributed by atoms with Gasteiger partial charge in [-0.2, -0.15) is 0 Å². The van der Waals surface area contributed by atoms with Gasteiger partial charge < -0.3 is 15.4 Å². The second-order valence-corrected chi connectivity index (χ2v) is 6.24. The van der Waals surface area contributed by atoms with Gasteiger partial charge >= 0.3 is 5.97 Å². The number of rotatable bonds is 6. The van der Waals surface area contributed by atoms with Crippen molar-refractivity contribution in [1.82, 2.24) is 4.90 Å². The van der Waals surface area contributed by atoms with Crippen molar-refractivity contribution in [2.45, 2.75) is 57.9 Å². The van der Waals surface area contributed by atoms with Gasteiger partial charge in [-0.05, 0) is 71.0 Å². The van der Waals surface area contributed by atoms with Crippen molar-refractivity contribution in [3.8, 4) is 0 Å². The summed E-state index contributed by atoms with van der Waals surface area (Å²) in [6.07, 6.45) is 6.78. The molecule has 112 valence electrons. The molecule has 2 atom stereocenters. The Morgan fingerprint density at radius 3 is 2.79 bits per heavy atom. The van der Waals surface area contributed by atoms with Crippen molar-refractivity contribution >= 4 is 5.97 Å². The highest BCUT2D eigenvalue weighted by Gasteiger charge is 2.28. The van der Waals surface area contributed by atoms with Crippen LogP contribution in [0.1, 0.15) is 52.4 Å². The van der Waals surface area contributed by atoms with Gasteiger partial charge in [0.05, 0.1) is 7.11 Å². The highest BCUT2D eigenvalue weighted by Crippen LogP contribution is 2.18. The summed E-state index contributed by atoms with van der Waals surface area (Å²) >= 11 is 0. The number of carbonyl (C=O) groups is 1. The summed E-state index contributed by atoms with van der Waals surface area (Å²) in [5.41, 5.74) is 5.11. The standard InChI is InChI=1S/C15H30N2O2/c1-13-7-6-11-17(12-8-13)10-5-4-9-15(2,16)14(18)19-3/h13H,4-12,16H2,1-3H3. The van der Waals surface area contributed by atoms with E-state index in [0.29, 0.717) is 6.42 Å². The second kappa shape index (κ2) is 7.85. The number of ether oxygens (including phenoxy) is 1. The maximum absolute atomic E-state index is 11.5. The zero-order valence-electron chi connectivity index (χ0n) is 12.8. The van der Waals surface area contributed by atoms with Crippen LogP contribution < -0.4 is 5.73 Å². The van der Waals surface area contributed by atoms with Crippen molar-refractivity contribution in [2.24, 2.45) is 11.7 Å². The Balaban J connectivity index is 2.18. The summed E-state index contributed by atoms with van der Waals surface area (Å²) in [5, 5.41) is 0. The molecule has 1 aliphatic rings. The number of esters is 1. The zero-order chi connectivity index (χ0) is 14.3. The van der Waals surface area contributed by atoms with Crippen molar-refractivity contribution in [1.29, 1.82) is 0 Å². The molecular formula is C15H30N2O2. The minimum Gasteiger partial charge on any atom is -0.468 e. The average molecular weight is 270 g/mol. The molecule has 0 aromatic heterocycles. The zero-order valence-corrected chi connectivity index (χ0v) is 12.8. The fraction of sp³-hybridized carbons (Fsp3) is 0.933. The van der Waals surface area contributed by atoms with Crippen LogP contribution in [0.2, 0.25) is 0 Å². The first-order chi connectivity index (χ1) is 8.95. The normalized spacial score (nSPS) is 24.5. The number of hydrogen-bond donors (Lipinski definition) is 1. The molecule has 0 saturated carbocycles. The monoisotopic (exact) mass is 270 g/mol. The van der Waals surface area contributed by atoms with E-state index < -0.39 is 5.54 Å². The van der Waals surface area contributed by atoms with Crippen LogP contribution in [0.25, 0.3) is 0 Å². The summed E-state index contributed by atoms with van der Waals surface area (Å²) in [4.78, 5) is 14.0. The number of nitrogens with two attached hydrogens (primary N) is 1. The smallest absolute Gasteiger partial charge is 0.325 e. The second-order valence-electron chi connectivity index (χ2n) is 6.24. The van der Waals surface area contributed by atoms with Gasteiger partial charge in [0.25, 0.3) is 0 Å². The van der Waals surface area contributed by atoms with E-state index in [1.807, 2.05) is 0 Å². The van der Waals surface area contributed by atoms with E-state index >= 15 is 0 Å². The molecule has 0 bridgehead atoms. The number of carbonyl (C=O) groups excluding carboxylic acids is 1. The van der Waals surface area contributed by atoms with E-state index in [-0.39, 0.29) is 5.97 Å². The average Bonchev–Trinajstić information content (AvgIpc) is 2.58. The largest absolute Gasteiger partial charge is 0.468 e. The van der Waals surface area contributed by atoms with E-state index in [9.17, 15) is 4.79 Å². The maximum atomic E-state index is 11.5. The third kappa shape index (κ3) is 5.91. The highest BCUT2D eigenvalue weighted by atomic mass is 16.5.